The van der Waals surface area contributed by atoms with E-state index in [4.69, 9.17) is 9.84 Å². The van der Waals surface area contributed by atoms with Crippen molar-refractivity contribution in [3.8, 4) is 0 Å². The van der Waals surface area contributed by atoms with Crippen LogP contribution in [0.3, 0.4) is 0 Å². The number of amides is 1. The molecule has 1 aliphatic rings. The minimum absolute atomic E-state index is 0.0536. The van der Waals surface area contributed by atoms with E-state index in [0.29, 0.717) is 24.3 Å². The molecule has 1 amide bonds. The Balaban J connectivity index is 1.58. The molecular weight excluding hydrogens is 346 g/mol. The normalized spacial score (nSPS) is 19.4. The molecule has 1 aromatic carbocycles. The number of anilines is 1. The van der Waals surface area contributed by atoms with Gasteiger partial charge in [-0.05, 0) is 36.5 Å². The van der Waals surface area contributed by atoms with Crippen molar-refractivity contribution in [2.24, 2.45) is 5.92 Å². The van der Waals surface area contributed by atoms with Crippen molar-refractivity contribution in [2.75, 3.05) is 5.32 Å². The van der Waals surface area contributed by atoms with Gasteiger partial charge in [-0.2, -0.15) is 0 Å². The van der Waals surface area contributed by atoms with E-state index in [0.717, 1.165) is 30.8 Å². The van der Waals surface area contributed by atoms with Gasteiger partial charge < -0.3 is 15.2 Å². The number of benzene rings is 1. The van der Waals surface area contributed by atoms with Gasteiger partial charge in [-0.3, -0.25) is 4.79 Å². The number of nitrogens with zero attached hydrogens (tertiary/aromatic N) is 2. The molecule has 2 aromatic rings. The van der Waals surface area contributed by atoms with Gasteiger partial charge in [-0.15, -0.1) is 0 Å². The molecule has 27 heavy (non-hydrogen) atoms. The molecule has 0 radical (unpaired) electrons. The van der Waals surface area contributed by atoms with Crippen molar-refractivity contribution in [3.63, 3.8) is 0 Å². The molecule has 1 saturated carbocycles. The maximum Gasteiger partial charge on any atom is 0.356 e. The predicted molar refractivity (Wildman–Crippen MR) is 99.6 cm³/mol. The molecule has 1 aromatic heterocycles. The second-order valence-corrected chi connectivity index (χ2v) is 6.95. The Morgan fingerprint density at radius 3 is 2.70 bits per heavy atom. The topological polar surface area (TPSA) is 101 Å². The fourth-order valence-electron chi connectivity index (χ4n) is 3.23. The van der Waals surface area contributed by atoms with Gasteiger partial charge in [0.1, 0.15) is 5.69 Å². The summed E-state index contributed by atoms with van der Waals surface area (Å²) in [7, 11) is 0. The third-order valence-corrected chi connectivity index (χ3v) is 4.66. The molecule has 7 nitrogen and oxygen atoms in total. The second kappa shape index (κ2) is 8.73. The molecular formula is C20H23N3O4. The van der Waals surface area contributed by atoms with Crippen molar-refractivity contribution in [2.45, 2.75) is 45.3 Å². The third kappa shape index (κ3) is 5.34. The van der Waals surface area contributed by atoms with Gasteiger partial charge >= 0.3 is 5.97 Å². The monoisotopic (exact) mass is 369 g/mol. The first-order valence-electron chi connectivity index (χ1n) is 9.08. The second-order valence-electron chi connectivity index (χ2n) is 6.95. The molecule has 3 rings (SSSR count). The lowest BCUT2D eigenvalue weighted by Crippen LogP contribution is -2.21. The van der Waals surface area contributed by atoms with E-state index in [9.17, 15) is 9.59 Å². The summed E-state index contributed by atoms with van der Waals surface area (Å²) < 4.78 is 6.03. The van der Waals surface area contributed by atoms with E-state index in [1.807, 2.05) is 18.2 Å². The molecule has 1 heterocycles. The molecule has 2 atom stereocenters. The van der Waals surface area contributed by atoms with E-state index in [2.05, 4.69) is 22.2 Å². The maximum absolute atomic E-state index is 12.3. The van der Waals surface area contributed by atoms with Gasteiger partial charge in [0.25, 0.3) is 5.91 Å². The van der Waals surface area contributed by atoms with E-state index in [1.54, 1.807) is 6.07 Å². The summed E-state index contributed by atoms with van der Waals surface area (Å²) in [5, 5.41) is 11.6. The molecule has 0 bridgehead atoms. The molecule has 2 unspecified atom stereocenters. The summed E-state index contributed by atoms with van der Waals surface area (Å²) in [6.45, 7) is 2.77. The van der Waals surface area contributed by atoms with E-state index >= 15 is 0 Å². The van der Waals surface area contributed by atoms with Gasteiger partial charge in [0.05, 0.1) is 25.1 Å². The van der Waals surface area contributed by atoms with Crippen LogP contribution in [-0.4, -0.2) is 33.1 Å². The first-order chi connectivity index (χ1) is 13.0. The Bertz CT molecular complexity index is 807. The SMILES string of the molecule is CC1CCCC(OCc2cccc(NC(=O)c3cnc(C(=O)O)cn3)c2)C1. The first-order valence-corrected chi connectivity index (χ1v) is 9.08. The number of hydrogen-bond acceptors (Lipinski definition) is 5. The van der Waals surface area contributed by atoms with E-state index < -0.39 is 11.9 Å². The summed E-state index contributed by atoms with van der Waals surface area (Å²) in [5.41, 5.74) is 1.46. The highest BCUT2D eigenvalue weighted by Crippen LogP contribution is 2.26. The van der Waals surface area contributed by atoms with Crippen LogP contribution < -0.4 is 5.32 Å². The summed E-state index contributed by atoms with van der Waals surface area (Å²) in [6, 6.07) is 7.46. The van der Waals surface area contributed by atoms with Crippen LogP contribution in [0.1, 0.15) is 59.1 Å². The van der Waals surface area contributed by atoms with Gasteiger partial charge in [-0.25, -0.2) is 14.8 Å². The van der Waals surface area contributed by atoms with Crippen LogP contribution in [0.25, 0.3) is 0 Å². The zero-order chi connectivity index (χ0) is 19.2. The highest BCUT2D eigenvalue weighted by atomic mass is 16.5. The summed E-state index contributed by atoms with van der Waals surface area (Å²) in [6.07, 6.45) is 7.20. The predicted octanol–water partition coefficient (Wildman–Crippen LogP) is 3.52. The number of carbonyl (C=O) groups is 2. The van der Waals surface area contributed by atoms with Crippen molar-refractivity contribution in [1.29, 1.82) is 0 Å². The van der Waals surface area contributed by atoms with Crippen LogP contribution in [0.15, 0.2) is 36.7 Å². The number of hydrogen-bond donors (Lipinski definition) is 2. The number of ether oxygens (including phenoxy) is 1. The van der Waals surface area contributed by atoms with E-state index in [-0.39, 0.29) is 11.4 Å². The van der Waals surface area contributed by atoms with Crippen molar-refractivity contribution in [3.05, 3.63) is 53.6 Å². The number of aromatic nitrogens is 2. The average molecular weight is 369 g/mol. The molecule has 1 fully saturated rings. The summed E-state index contributed by atoms with van der Waals surface area (Å²) in [4.78, 5) is 30.6. The number of carboxylic acids is 1. The van der Waals surface area contributed by atoms with Crippen LogP contribution in [0, 0.1) is 5.92 Å². The molecule has 0 aliphatic heterocycles. The maximum atomic E-state index is 12.3. The molecule has 2 N–H and O–H groups in total. The Labute approximate surface area is 157 Å². The molecule has 7 heteroatoms. The third-order valence-electron chi connectivity index (χ3n) is 4.66. The largest absolute Gasteiger partial charge is 0.476 e. The first kappa shape index (κ1) is 19.0. The van der Waals surface area contributed by atoms with Gasteiger partial charge in [0.2, 0.25) is 0 Å². The van der Waals surface area contributed by atoms with Crippen LogP contribution in [0.5, 0.6) is 0 Å². The minimum atomic E-state index is -1.19. The molecule has 0 spiro atoms. The zero-order valence-electron chi connectivity index (χ0n) is 15.2. The van der Waals surface area contributed by atoms with Crippen molar-refractivity contribution < 1.29 is 19.4 Å². The fraction of sp³-hybridized carbons (Fsp3) is 0.400. The highest BCUT2D eigenvalue weighted by molar-refractivity contribution is 6.02. The lowest BCUT2D eigenvalue weighted by atomic mass is 9.89. The Morgan fingerprint density at radius 1 is 1.22 bits per heavy atom. The van der Waals surface area contributed by atoms with Crippen LogP contribution in [0.2, 0.25) is 0 Å². The van der Waals surface area contributed by atoms with Crippen molar-refractivity contribution >= 4 is 17.6 Å². The minimum Gasteiger partial charge on any atom is -0.476 e. The Morgan fingerprint density at radius 2 is 2.00 bits per heavy atom. The average Bonchev–Trinajstić information content (AvgIpc) is 2.67. The van der Waals surface area contributed by atoms with E-state index in [1.165, 1.54) is 12.8 Å². The molecule has 1 aliphatic carbocycles. The van der Waals surface area contributed by atoms with Gasteiger partial charge in [-0.1, -0.05) is 31.9 Å². The number of aromatic carboxylic acids is 1. The number of nitrogens with one attached hydrogen (secondary N) is 1. The quantitative estimate of drug-likeness (QED) is 0.808. The number of carboxylic acid groups (broad SMARTS) is 1. The lowest BCUT2D eigenvalue weighted by Gasteiger charge is -2.26. The summed E-state index contributed by atoms with van der Waals surface area (Å²) in [5.74, 6) is -0.920. The van der Waals surface area contributed by atoms with Crippen LogP contribution in [-0.2, 0) is 11.3 Å². The molecule has 0 saturated heterocycles. The van der Waals surface area contributed by atoms with Gasteiger partial charge in [0.15, 0.2) is 5.69 Å². The molecule has 142 valence electrons. The van der Waals surface area contributed by atoms with Crippen LogP contribution >= 0.6 is 0 Å². The summed E-state index contributed by atoms with van der Waals surface area (Å²) >= 11 is 0. The number of rotatable bonds is 6. The fourth-order valence-corrected chi connectivity index (χ4v) is 3.23. The van der Waals surface area contributed by atoms with Crippen molar-refractivity contribution in [1.82, 2.24) is 9.97 Å². The van der Waals surface area contributed by atoms with Crippen LogP contribution in [0.4, 0.5) is 5.69 Å². The Hall–Kier alpha value is -2.80. The zero-order valence-corrected chi connectivity index (χ0v) is 15.2. The lowest BCUT2D eigenvalue weighted by molar-refractivity contribution is 0.00468. The Kier molecular flexibility index (Phi) is 6.13. The highest BCUT2D eigenvalue weighted by Gasteiger charge is 2.19. The smallest absolute Gasteiger partial charge is 0.356 e. The van der Waals surface area contributed by atoms with Gasteiger partial charge in [0, 0.05) is 5.69 Å². The standard InChI is InChI=1S/C20H23N3O4/c1-13-4-2-7-16(8-13)27-12-14-5-3-6-15(9-14)23-19(24)17-10-22-18(11-21-17)20(25)26/h3,5-6,9-11,13,16H,2,4,7-8,12H2,1H3,(H,23,24)(H,25,26). The number of carbonyl (C=O) groups excluding carboxylic acids is 1.